The standard InChI is InChI=1S/C9H19N5S/c1-2-3-5-8-12-13-9(14(8)11)15-7-4-6-10/h2-7,10-11H2,1H3. The molecule has 0 saturated heterocycles. The molecule has 0 saturated carbocycles. The summed E-state index contributed by atoms with van der Waals surface area (Å²) < 4.78 is 1.59. The smallest absolute Gasteiger partial charge is 0.209 e. The van der Waals surface area contributed by atoms with Gasteiger partial charge in [-0.2, -0.15) is 0 Å². The molecule has 6 heteroatoms. The first-order chi connectivity index (χ1) is 7.29. The van der Waals surface area contributed by atoms with E-state index in [4.69, 9.17) is 11.6 Å². The largest absolute Gasteiger partial charge is 0.336 e. The van der Waals surface area contributed by atoms with Crippen molar-refractivity contribution >= 4 is 11.8 Å². The highest BCUT2D eigenvalue weighted by Gasteiger charge is 2.08. The molecule has 0 radical (unpaired) electrons. The lowest BCUT2D eigenvalue weighted by Gasteiger charge is -2.02. The summed E-state index contributed by atoms with van der Waals surface area (Å²) in [5, 5.41) is 8.91. The van der Waals surface area contributed by atoms with Crippen LogP contribution in [0.2, 0.25) is 0 Å². The van der Waals surface area contributed by atoms with Gasteiger partial charge >= 0.3 is 0 Å². The third-order valence-corrected chi connectivity index (χ3v) is 3.10. The SMILES string of the molecule is CCCCc1nnc(SCCCN)n1N. The lowest BCUT2D eigenvalue weighted by atomic mass is 10.2. The van der Waals surface area contributed by atoms with Crippen LogP contribution in [0.15, 0.2) is 5.16 Å². The van der Waals surface area contributed by atoms with Gasteiger partial charge in [-0.3, -0.25) is 0 Å². The third kappa shape index (κ3) is 3.71. The van der Waals surface area contributed by atoms with Crippen LogP contribution >= 0.6 is 11.8 Å². The lowest BCUT2D eigenvalue weighted by molar-refractivity contribution is 0.712. The van der Waals surface area contributed by atoms with E-state index in [1.165, 1.54) is 0 Å². The van der Waals surface area contributed by atoms with Gasteiger partial charge in [0.2, 0.25) is 5.16 Å². The molecule has 1 aromatic heterocycles. The summed E-state index contributed by atoms with van der Waals surface area (Å²) in [5.74, 6) is 7.68. The molecule has 0 aliphatic rings. The number of aryl methyl sites for hydroxylation is 1. The molecule has 1 heterocycles. The minimum atomic E-state index is 0.703. The molecular weight excluding hydrogens is 210 g/mol. The van der Waals surface area contributed by atoms with Gasteiger partial charge in [0.1, 0.15) is 0 Å². The van der Waals surface area contributed by atoms with Gasteiger partial charge in [-0.1, -0.05) is 25.1 Å². The Kier molecular flexibility index (Phi) is 5.49. The lowest BCUT2D eigenvalue weighted by Crippen LogP contribution is -2.14. The van der Waals surface area contributed by atoms with Gasteiger partial charge in [-0.15, -0.1) is 10.2 Å². The Labute approximate surface area is 94.6 Å². The molecule has 0 aromatic carbocycles. The molecular formula is C9H19N5S. The van der Waals surface area contributed by atoms with Crippen molar-refractivity contribution in [1.29, 1.82) is 0 Å². The summed E-state index contributed by atoms with van der Waals surface area (Å²) in [6.45, 7) is 2.85. The number of aromatic nitrogens is 3. The Morgan fingerprint density at radius 1 is 1.33 bits per heavy atom. The first kappa shape index (κ1) is 12.3. The average Bonchev–Trinajstić information content (AvgIpc) is 2.58. The van der Waals surface area contributed by atoms with Gasteiger partial charge in [0.05, 0.1) is 0 Å². The minimum absolute atomic E-state index is 0.703. The molecule has 0 spiro atoms. The predicted molar refractivity (Wildman–Crippen MR) is 63.2 cm³/mol. The predicted octanol–water partition coefficient (Wildman–Crippen LogP) is 0.775. The minimum Gasteiger partial charge on any atom is -0.336 e. The number of nitrogens with zero attached hydrogens (tertiary/aromatic N) is 3. The van der Waals surface area contributed by atoms with Gasteiger partial charge < -0.3 is 11.6 Å². The Hall–Kier alpha value is -0.750. The Morgan fingerprint density at radius 2 is 2.13 bits per heavy atom. The van der Waals surface area contributed by atoms with E-state index >= 15 is 0 Å². The summed E-state index contributed by atoms with van der Waals surface area (Å²) in [4.78, 5) is 0. The molecule has 0 unspecified atom stereocenters. The van der Waals surface area contributed by atoms with Crippen LogP contribution in [0.4, 0.5) is 0 Å². The van der Waals surface area contributed by atoms with Gasteiger partial charge in [0, 0.05) is 12.2 Å². The second-order valence-electron chi connectivity index (χ2n) is 3.36. The van der Waals surface area contributed by atoms with E-state index < -0.39 is 0 Å². The van der Waals surface area contributed by atoms with E-state index in [1.807, 2.05) is 0 Å². The number of nitrogen functional groups attached to an aromatic ring is 1. The molecule has 0 fully saturated rings. The molecule has 0 bridgehead atoms. The van der Waals surface area contributed by atoms with E-state index in [0.29, 0.717) is 6.54 Å². The monoisotopic (exact) mass is 229 g/mol. The van der Waals surface area contributed by atoms with Gasteiger partial charge in [0.25, 0.3) is 0 Å². The first-order valence-corrected chi connectivity index (χ1v) is 6.30. The van der Waals surface area contributed by atoms with Crippen LogP contribution in [0.25, 0.3) is 0 Å². The second-order valence-corrected chi connectivity index (χ2v) is 4.43. The van der Waals surface area contributed by atoms with Gasteiger partial charge in [-0.25, -0.2) is 4.68 Å². The second kappa shape index (κ2) is 6.68. The number of unbranched alkanes of at least 4 members (excludes halogenated alkanes) is 1. The summed E-state index contributed by atoms with van der Waals surface area (Å²) >= 11 is 1.61. The Morgan fingerprint density at radius 3 is 2.80 bits per heavy atom. The summed E-state index contributed by atoms with van der Waals surface area (Å²) in [6.07, 6.45) is 4.12. The summed E-state index contributed by atoms with van der Waals surface area (Å²) in [7, 11) is 0. The normalized spacial score (nSPS) is 10.8. The van der Waals surface area contributed by atoms with Crippen molar-refractivity contribution in [2.75, 3.05) is 18.1 Å². The maximum Gasteiger partial charge on any atom is 0.209 e. The highest BCUT2D eigenvalue weighted by atomic mass is 32.2. The van der Waals surface area contributed by atoms with E-state index in [0.717, 1.165) is 42.4 Å². The van der Waals surface area contributed by atoms with E-state index in [2.05, 4.69) is 17.1 Å². The van der Waals surface area contributed by atoms with Crippen molar-refractivity contribution in [3.63, 3.8) is 0 Å². The topological polar surface area (TPSA) is 82.8 Å². The van der Waals surface area contributed by atoms with Crippen LogP contribution < -0.4 is 11.6 Å². The zero-order valence-electron chi connectivity index (χ0n) is 9.15. The van der Waals surface area contributed by atoms with Crippen LogP contribution in [0, 0.1) is 0 Å². The first-order valence-electron chi connectivity index (χ1n) is 5.31. The van der Waals surface area contributed by atoms with Crippen molar-refractivity contribution in [3.05, 3.63) is 5.82 Å². The molecule has 15 heavy (non-hydrogen) atoms. The highest BCUT2D eigenvalue weighted by molar-refractivity contribution is 7.99. The van der Waals surface area contributed by atoms with Crippen molar-refractivity contribution < 1.29 is 0 Å². The fourth-order valence-corrected chi connectivity index (χ4v) is 1.99. The zero-order valence-corrected chi connectivity index (χ0v) is 9.96. The van der Waals surface area contributed by atoms with Crippen LogP contribution in [0.1, 0.15) is 32.0 Å². The Bertz CT molecular complexity index is 286. The number of nitrogens with two attached hydrogens (primary N) is 2. The van der Waals surface area contributed by atoms with Gasteiger partial charge in [0.15, 0.2) is 5.82 Å². The molecule has 1 aromatic rings. The van der Waals surface area contributed by atoms with Crippen molar-refractivity contribution in [2.24, 2.45) is 5.73 Å². The van der Waals surface area contributed by atoms with Crippen LogP contribution in [-0.4, -0.2) is 27.2 Å². The molecule has 1 rings (SSSR count). The van der Waals surface area contributed by atoms with E-state index in [1.54, 1.807) is 16.4 Å². The van der Waals surface area contributed by atoms with Gasteiger partial charge in [-0.05, 0) is 19.4 Å². The average molecular weight is 229 g/mol. The van der Waals surface area contributed by atoms with Crippen molar-refractivity contribution in [3.8, 4) is 0 Å². The van der Waals surface area contributed by atoms with Crippen LogP contribution in [0.3, 0.4) is 0 Å². The van der Waals surface area contributed by atoms with Crippen molar-refractivity contribution in [1.82, 2.24) is 14.9 Å². The number of hydrogen-bond donors (Lipinski definition) is 2. The molecule has 5 nitrogen and oxygen atoms in total. The summed E-state index contributed by atoms with van der Waals surface area (Å²) in [6, 6.07) is 0. The van der Waals surface area contributed by atoms with Crippen LogP contribution in [0.5, 0.6) is 0 Å². The number of rotatable bonds is 7. The third-order valence-electron chi connectivity index (χ3n) is 2.07. The maximum absolute atomic E-state index is 5.87. The van der Waals surface area contributed by atoms with Crippen LogP contribution in [-0.2, 0) is 6.42 Å². The molecule has 0 amide bonds. The molecule has 86 valence electrons. The van der Waals surface area contributed by atoms with E-state index in [9.17, 15) is 0 Å². The molecule has 0 atom stereocenters. The van der Waals surface area contributed by atoms with E-state index in [-0.39, 0.29) is 0 Å². The quantitative estimate of drug-likeness (QED) is 0.410. The fraction of sp³-hybridized carbons (Fsp3) is 0.778. The zero-order chi connectivity index (χ0) is 11.1. The van der Waals surface area contributed by atoms with Crippen molar-refractivity contribution in [2.45, 2.75) is 37.8 Å². The highest BCUT2D eigenvalue weighted by Crippen LogP contribution is 2.15. The molecule has 4 N–H and O–H groups in total. The summed E-state index contributed by atoms with van der Waals surface area (Å²) in [5.41, 5.74) is 5.41. The fourth-order valence-electron chi connectivity index (χ4n) is 1.16. The number of hydrogen-bond acceptors (Lipinski definition) is 5. The number of thioether (sulfide) groups is 1. The maximum atomic E-state index is 5.87. The molecule has 0 aliphatic carbocycles. The Balaban J connectivity index is 2.47. The molecule has 0 aliphatic heterocycles.